The molecule has 0 aliphatic carbocycles. The highest BCUT2D eigenvalue weighted by molar-refractivity contribution is 9.09. The molecule has 0 aliphatic heterocycles. The lowest BCUT2D eigenvalue weighted by molar-refractivity contribution is 0.242. The van der Waals surface area contributed by atoms with Crippen LogP contribution >= 0.6 is 15.9 Å². The van der Waals surface area contributed by atoms with Gasteiger partial charge in [0.2, 0.25) is 0 Å². The molecule has 1 rings (SSSR count). The zero-order valence-corrected chi connectivity index (χ0v) is 12.8. The lowest BCUT2D eigenvalue weighted by Crippen LogP contribution is -2.07. The highest BCUT2D eigenvalue weighted by Crippen LogP contribution is 2.20. The Morgan fingerprint density at radius 3 is 2.12 bits per heavy atom. The fraction of sp³-hybridized carbons (Fsp3) is 0.600. The number of rotatable bonds is 6. The zero-order valence-electron chi connectivity index (χ0n) is 11.2. The quantitative estimate of drug-likeness (QED) is 0.684. The molecule has 0 N–H and O–H groups in total. The molecule has 1 atom stereocenters. The van der Waals surface area contributed by atoms with Gasteiger partial charge in [-0.05, 0) is 50.3 Å². The van der Waals surface area contributed by atoms with Crippen LogP contribution in [-0.4, -0.2) is 10.9 Å². The van der Waals surface area contributed by atoms with E-state index in [0.29, 0.717) is 4.83 Å². The van der Waals surface area contributed by atoms with Crippen molar-refractivity contribution in [2.24, 2.45) is 5.92 Å². The predicted molar refractivity (Wildman–Crippen MR) is 78.1 cm³/mol. The molecule has 0 amide bonds. The van der Waals surface area contributed by atoms with Gasteiger partial charge < -0.3 is 4.74 Å². The van der Waals surface area contributed by atoms with Crippen LogP contribution in [-0.2, 0) is 6.42 Å². The van der Waals surface area contributed by atoms with Crippen LogP contribution in [0, 0.1) is 5.92 Å². The maximum Gasteiger partial charge on any atom is 0.119 e. The van der Waals surface area contributed by atoms with Gasteiger partial charge in [0.25, 0.3) is 0 Å². The minimum atomic E-state index is 0.241. The van der Waals surface area contributed by atoms with Crippen LogP contribution < -0.4 is 4.74 Å². The van der Waals surface area contributed by atoms with Crippen molar-refractivity contribution in [2.45, 2.75) is 51.5 Å². The van der Waals surface area contributed by atoms with E-state index in [-0.39, 0.29) is 6.10 Å². The molecule has 1 nitrogen and oxygen atoms in total. The van der Waals surface area contributed by atoms with Gasteiger partial charge in [-0.15, -0.1) is 0 Å². The first-order valence-electron chi connectivity index (χ1n) is 6.37. The second kappa shape index (κ2) is 7.05. The fourth-order valence-electron chi connectivity index (χ4n) is 1.83. The molecule has 0 heterocycles. The van der Waals surface area contributed by atoms with Gasteiger partial charge >= 0.3 is 0 Å². The summed E-state index contributed by atoms with van der Waals surface area (Å²) in [6.07, 6.45) is 2.54. The summed E-state index contributed by atoms with van der Waals surface area (Å²) in [4.78, 5) is 0.569. The van der Waals surface area contributed by atoms with Gasteiger partial charge in [0.05, 0.1) is 6.10 Å². The van der Waals surface area contributed by atoms with Gasteiger partial charge in [-0.2, -0.15) is 0 Å². The molecule has 0 aliphatic rings. The average Bonchev–Trinajstić information content (AvgIpc) is 2.18. The summed E-state index contributed by atoms with van der Waals surface area (Å²) < 4.78 is 5.63. The summed E-state index contributed by atoms with van der Waals surface area (Å²) in [6, 6.07) is 8.44. The van der Waals surface area contributed by atoms with Crippen molar-refractivity contribution in [1.29, 1.82) is 0 Å². The first-order chi connectivity index (χ1) is 7.97. The van der Waals surface area contributed by atoms with Gasteiger partial charge in [0.15, 0.2) is 0 Å². The van der Waals surface area contributed by atoms with E-state index in [0.717, 1.165) is 18.1 Å². The van der Waals surface area contributed by atoms with E-state index in [9.17, 15) is 0 Å². The lowest BCUT2D eigenvalue weighted by atomic mass is 10.0. The van der Waals surface area contributed by atoms with Crippen LogP contribution in [0.4, 0.5) is 0 Å². The minimum Gasteiger partial charge on any atom is -0.491 e. The fourth-order valence-corrected chi connectivity index (χ4v) is 2.95. The summed E-state index contributed by atoms with van der Waals surface area (Å²) in [5.41, 5.74) is 1.36. The standard InChI is InChI=1S/C15H23BrO/c1-11(2)9-14(16)10-13-5-7-15(8-6-13)17-12(3)4/h5-8,11-12,14H,9-10H2,1-4H3. The van der Waals surface area contributed by atoms with Crippen LogP contribution in [0.15, 0.2) is 24.3 Å². The normalized spacial score (nSPS) is 13.1. The molecule has 0 fully saturated rings. The molecule has 1 aromatic carbocycles. The van der Waals surface area contributed by atoms with E-state index >= 15 is 0 Å². The monoisotopic (exact) mass is 298 g/mol. The Hall–Kier alpha value is -0.500. The Bertz CT molecular complexity index is 316. The molecule has 0 bridgehead atoms. The summed E-state index contributed by atoms with van der Waals surface area (Å²) >= 11 is 3.74. The number of hydrogen-bond donors (Lipinski definition) is 0. The first-order valence-corrected chi connectivity index (χ1v) is 7.28. The van der Waals surface area contributed by atoms with Crippen molar-refractivity contribution >= 4 is 15.9 Å². The first kappa shape index (κ1) is 14.6. The van der Waals surface area contributed by atoms with E-state index in [1.807, 2.05) is 13.8 Å². The molecule has 0 aromatic heterocycles. The maximum atomic E-state index is 5.63. The summed E-state index contributed by atoms with van der Waals surface area (Å²) in [5.74, 6) is 1.70. The van der Waals surface area contributed by atoms with Crippen LogP contribution in [0.3, 0.4) is 0 Å². The highest BCUT2D eigenvalue weighted by Gasteiger charge is 2.08. The topological polar surface area (TPSA) is 9.23 Å². The van der Waals surface area contributed by atoms with Crippen LogP contribution in [0.2, 0.25) is 0 Å². The Kier molecular flexibility index (Phi) is 6.04. The molecule has 0 radical (unpaired) electrons. The SMILES string of the molecule is CC(C)CC(Br)Cc1ccc(OC(C)C)cc1. The number of benzene rings is 1. The molecule has 1 aromatic rings. The molecular weight excluding hydrogens is 276 g/mol. The van der Waals surface area contributed by atoms with Gasteiger partial charge in [0, 0.05) is 4.83 Å². The Balaban J connectivity index is 2.50. The Morgan fingerprint density at radius 1 is 1.06 bits per heavy atom. The molecular formula is C15H23BrO. The molecule has 0 spiro atoms. The maximum absolute atomic E-state index is 5.63. The summed E-state index contributed by atoms with van der Waals surface area (Å²) in [5, 5.41) is 0. The van der Waals surface area contributed by atoms with Gasteiger partial charge in [-0.3, -0.25) is 0 Å². The smallest absolute Gasteiger partial charge is 0.119 e. The summed E-state index contributed by atoms with van der Waals surface area (Å²) in [6.45, 7) is 8.61. The zero-order chi connectivity index (χ0) is 12.8. The summed E-state index contributed by atoms with van der Waals surface area (Å²) in [7, 11) is 0. The Morgan fingerprint density at radius 2 is 1.65 bits per heavy atom. The van der Waals surface area contributed by atoms with E-state index in [1.165, 1.54) is 12.0 Å². The largest absolute Gasteiger partial charge is 0.491 e. The molecule has 0 saturated carbocycles. The van der Waals surface area contributed by atoms with Crippen molar-refractivity contribution in [3.8, 4) is 5.75 Å². The van der Waals surface area contributed by atoms with Crippen molar-refractivity contribution in [3.05, 3.63) is 29.8 Å². The number of halogens is 1. The van der Waals surface area contributed by atoms with Crippen LogP contribution in [0.5, 0.6) is 5.75 Å². The third-order valence-corrected chi connectivity index (χ3v) is 3.18. The Labute approximate surface area is 114 Å². The predicted octanol–water partition coefficient (Wildman–Crippen LogP) is 4.83. The van der Waals surface area contributed by atoms with Crippen molar-refractivity contribution in [2.75, 3.05) is 0 Å². The highest BCUT2D eigenvalue weighted by atomic mass is 79.9. The van der Waals surface area contributed by atoms with Crippen molar-refractivity contribution < 1.29 is 4.74 Å². The van der Waals surface area contributed by atoms with E-state index in [2.05, 4.69) is 54.0 Å². The third kappa shape index (κ3) is 6.11. The number of ether oxygens (including phenoxy) is 1. The van der Waals surface area contributed by atoms with Crippen molar-refractivity contribution in [3.63, 3.8) is 0 Å². The minimum absolute atomic E-state index is 0.241. The van der Waals surface area contributed by atoms with E-state index in [1.54, 1.807) is 0 Å². The molecule has 2 heteroatoms. The lowest BCUT2D eigenvalue weighted by Gasteiger charge is -2.13. The molecule has 1 unspecified atom stereocenters. The number of alkyl halides is 1. The van der Waals surface area contributed by atoms with Gasteiger partial charge in [-0.1, -0.05) is 41.9 Å². The second-order valence-electron chi connectivity index (χ2n) is 5.24. The van der Waals surface area contributed by atoms with E-state index < -0.39 is 0 Å². The number of hydrogen-bond acceptors (Lipinski definition) is 1. The van der Waals surface area contributed by atoms with Crippen LogP contribution in [0.25, 0.3) is 0 Å². The van der Waals surface area contributed by atoms with E-state index in [4.69, 9.17) is 4.74 Å². The average molecular weight is 299 g/mol. The van der Waals surface area contributed by atoms with Crippen LogP contribution in [0.1, 0.15) is 39.7 Å². The molecule has 0 saturated heterocycles. The second-order valence-corrected chi connectivity index (χ2v) is 6.54. The van der Waals surface area contributed by atoms with Gasteiger partial charge in [-0.25, -0.2) is 0 Å². The molecule has 96 valence electrons. The van der Waals surface area contributed by atoms with Crippen molar-refractivity contribution in [1.82, 2.24) is 0 Å². The third-order valence-electron chi connectivity index (χ3n) is 2.48. The molecule has 17 heavy (non-hydrogen) atoms. The van der Waals surface area contributed by atoms with Gasteiger partial charge in [0.1, 0.15) is 5.75 Å².